The molecule has 1 aromatic rings. The molecule has 19 heavy (non-hydrogen) atoms. The Morgan fingerprint density at radius 3 is 2.74 bits per heavy atom. The van der Waals surface area contributed by atoms with Gasteiger partial charge in [0.25, 0.3) is 0 Å². The molecule has 0 radical (unpaired) electrons. The van der Waals surface area contributed by atoms with Crippen molar-refractivity contribution >= 4 is 12.0 Å². The highest BCUT2D eigenvalue weighted by molar-refractivity contribution is 5.77. The third kappa shape index (κ3) is 3.46. The number of carboxylic acids is 1. The van der Waals surface area contributed by atoms with Gasteiger partial charge in [0.15, 0.2) is 5.76 Å². The van der Waals surface area contributed by atoms with Gasteiger partial charge < -0.3 is 20.3 Å². The van der Waals surface area contributed by atoms with Crippen molar-refractivity contribution in [1.82, 2.24) is 15.8 Å². The second-order valence-electron chi connectivity index (χ2n) is 4.95. The van der Waals surface area contributed by atoms with Gasteiger partial charge in [0, 0.05) is 6.07 Å². The number of carboxylic acid groups (broad SMARTS) is 1. The fourth-order valence-electron chi connectivity index (χ4n) is 2.19. The van der Waals surface area contributed by atoms with Crippen LogP contribution in [-0.4, -0.2) is 27.8 Å². The molecule has 2 rings (SSSR count). The minimum Gasteiger partial charge on any atom is -0.481 e. The van der Waals surface area contributed by atoms with Crippen molar-refractivity contribution in [2.75, 3.05) is 0 Å². The topological polar surface area (TPSA) is 104 Å². The molecule has 1 heterocycles. The van der Waals surface area contributed by atoms with E-state index in [4.69, 9.17) is 9.63 Å². The number of rotatable bonds is 5. The minimum atomic E-state index is -0.897. The molecule has 7 nitrogen and oxygen atoms in total. The molecule has 0 spiro atoms. The normalized spacial score (nSPS) is 16.5. The predicted molar refractivity (Wildman–Crippen MR) is 65.4 cm³/mol. The first kappa shape index (κ1) is 13.4. The number of aryl methyl sites for hydroxylation is 1. The Morgan fingerprint density at radius 1 is 1.53 bits per heavy atom. The fraction of sp³-hybridized carbons (Fsp3) is 0.583. The zero-order valence-corrected chi connectivity index (χ0v) is 10.7. The van der Waals surface area contributed by atoms with Crippen LogP contribution < -0.4 is 10.6 Å². The van der Waals surface area contributed by atoms with Crippen LogP contribution >= 0.6 is 0 Å². The molecule has 0 aliphatic heterocycles. The maximum atomic E-state index is 11.7. The highest BCUT2D eigenvalue weighted by atomic mass is 16.5. The van der Waals surface area contributed by atoms with E-state index in [0.29, 0.717) is 18.6 Å². The van der Waals surface area contributed by atoms with Crippen molar-refractivity contribution in [3.63, 3.8) is 0 Å². The maximum Gasteiger partial charge on any atom is 0.315 e. The van der Waals surface area contributed by atoms with Gasteiger partial charge in [-0.3, -0.25) is 4.79 Å². The number of hydrogen-bond donors (Lipinski definition) is 3. The van der Waals surface area contributed by atoms with Crippen LogP contribution in [0.15, 0.2) is 10.6 Å². The Hall–Kier alpha value is -2.05. The summed E-state index contributed by atoms with van der Waals surface area (Å²) in [6.45, 7) is 2.03. The van der Waals surface area contributed by atoms with Crippen LogP contribution in [0.5, 0.6) is 0 Å². The van der Waals surface area contributed by atoms with Gasteiger partial charge in [0.1, 0.15) is 0 Å². The van der Waals surface area contributed by atoms with Crippen molar-refractivity contribution in [1.29, 1.82) is 0 Å². The first-order chi connectivity index (χ1) is 8.99. The van der Waals surface area contributed by atoms with Crippen LogP contribution in [0, 0.1) is 6.92 Å². The lowest BCUT2D eigenvalue weighted by Crippen LogP contribution is -2.57. The average Bonchev–Trinajstić information content (AvgIpc) is 2.69. The second kappa shape index (κ2) is 5.29. The largest absolute Gasteiger partial charge is 0.481 e. The van der Waals surface area contributed by atoms with Crippen molar-refractivity contribution in [2.45, 2.75) is 44.7 Å². The average molecular weight is 267 g/mol. The molecule has 0 bridgehead atoms. The van der Waals surface area contributed by atoms with Gasteiger partial charge in [0.2, 0.25) is 0 Å². The number of nitrogens with one attached hydrogen (secondary N) is 2. The van der Waals surface area contributed by atoms with Crippen molar-refractivity contribution < 1.29 is 19.2 Å². The van der Waals surface area contributed by atoms with E-state index >= 15 is 0 Å². The molecule has 0 saturated heterocycles. The highest BCUT2D eigenvalue weighted by Crippen LogP contribution is 2.34. The number of urea groups is 1. The second-order valence-corrected chi connectivity index (χ2v) is 4.95. The number of nitrogens with zero attached hydrogens (tertiary/aromatic N) is 1. The number of carbonyl (C=O) groups excluding carboxylic acids is 1. The lowest BCUT2D eigenvalue weighted by Gasteiger charge is -2.41. The van der Waals surface area contributed by atoms with E-state index < -0.39 is 11.5 Å². The minimum absolute atomic E-state index is 0.0398. The zero-order chi connectivity index (χ0) is 13.9. The van der Waals surface area contributed by atoms with Gasteiger partial charge in [0.05, 0.1) is 24.2 Å². The maximum absolute atomic E-state index is 11.7. The Labute approximate surface area is 110 Å². The molecule has 1 fully saturated rings. The zero-order valence-electron chi connectivity index (χ0n) is 10.7. The van der Waals surface area contributed by atoms with Crippen molar-refractivity contribution in [3.8, 4) is 0 Å². The molecule has 0 unspecified atom stereocenters. The van der Waals surface area contributed by atoms with Crippen LogP contribution in [0.3, 0.4) is 0 Å². The Morgan fingerprint density at radius 2 is 2.26 bits per heavy atom. The number of carbonyl (C=O) groups is 2. The van der Waals surface area contributed by atoms with Gasteiger partial charge in [-0.05, 0) is 26.2 Å². The quantitative estimate of drug-likeness (QED) is 0.743. The number of aliphatic carboxylic acids is 1. The van der Waals surface area contributed by atoms with E-state index in [9.17, 15) is 9.59 Å². The summed E-state index contributed by atoms with van der Waals surface area (Å²) in [6, 6.07) is 1.35. The standard InChI is InChI=1S/C12H17N3O4/c1-8-5-9(19-15-8)7-13-11(18)14-12(3-2-4-12)6-10(16)17/h5H,2-4,6-7H2,1H3,(H,16,17)(H2,13,14,18). The molecule has 1 aliphatic carbocycles. The molecule has 3 N–H and O–H groups in total. The molecule has 1 aromatic heterocycles. The lowest BCUT2D eigenvalue weighted by molar-refractivity contribution is -0.139. The van der Waals surface area contributed by atoms with E-state index in [1.54, 1.807) is 13.0 Å². The number of aromatic nitrogens is 1. The molecule has 0 atom stereocenters. The van der Waals surface area contributed by atoms with Gasteiger partial charge in [-0.2, -0.15) is 0 Å². The fourth-order valence-corrected chi connectivity index (χ4v) is 2.19. The molecular weight excluding hydrogens is 250 g/mol. The van der Waals surface area contributed by atoms with Gasteiger partial charge >= 0.3 is 12.0 Å². The smallest absolute Gasteiger partial charge is 0.315 e. The van der Waals surface area contributed by atoms with Gasteiger partial charge in [-0.1, -0.05) is 5.16 Å². The number of amides is 2. The third-order valence-electron chi connectivity index (χ3n) is 3.28. The molecule has 104 valence electrons. The van der Waals surface area contributed by atoms with Crippen LogP contribution in [-0.2, 0) is 11.3 Å². The summed E-state index contributed by atoms with van der Waals surface area (Å²) in [6.07, 6.45) is 2.30. The van der Waals surface area contributed by atoms with Crippen LogP contribution in [0.25, 0.3) is 0 Å². The summed E-state index contributed by atoms with van der Waals surface area (Å²) < 4.78 is 4.96. The number of hydrogen-bond acceptors (Lipinski definition) is 4. The van der Waals surface area contributed by atoms with Crippen LogP contribution in [0.1, 0.15) is 37.1 Å². The van der Waals surface area contributed by atoms with E-state index in [1.165, 1.54) is 0 Å². The molecule has 1 aliphatic rings. The molecule has 7 heteroatoms. The Kier molecular flexibility index (Phi) is 3.73. The summed E-state index contributed by atoms with van der Waals surface area (Å²) >= 11 is 0. The van der Waals surface area contributed by atoms with E-state index in [1.807, 2.05) is 0 Å². The van der Waals surface area contributed by atoms with Crippen LogP contribution in [0.2, 0.25) is 0 Å². The SMILES string of the molecule is Cc1cc(CNC(=O)NC2(CC(=O)O)CCC2)on1. The Balaban J connectivity index is 1.81. The van der Waals surface area contributed by atoms with Crippen molar-refractivity contribution in [2.24, 2.45) is 0 Å². The van der Waals surface area contributed by atoms with E-state index in [-0.39, 0.29) is 19.0 Å². The molecule has 0 aromatic carbocycles. The summed E-state index contributed by atoms with van der Waals surface area (Å²) in [5.74, 6) is -0.334. The van der Waals surface area contributed by atoms with Crippen molar-refractivity contribution in [3.05, 3.63) is 17.5 Å². The van der Waals surface area contributed by atoms with Gasteiger partial charge in [-0.15, -0.1) is 0 Å². The van der Waals surface area contributed by atoms with E-state index in [2.05, 4.69) is 15.8 Å². The summed E-state index contributed by atoms with van der Waals surface area (Å²) in [7, 11) is 0. The molecule has 2 amide bonds. The first-order valence-electron chi connectivity index (χ1n) is 6.19. The first-order valence-corrected chi connectivity index (χ1v) is 6.19. The monoisotopic (exact) mass is 267 g/mol. The van der Waals surface area contributed by atoms with Crippen LogP contribution in [0.4, 0.5) is 4.79 Å². The molecule has 1 saturated carbocycles. The molecular formula is C12H17N3O4. The summed E-state index contributed by atoms with van der Waals surface area (Å²) in [4.78, 5) is 22.5. The van der Waals surface area contributed by atoms with E-state index in [0.717, 1.165) is 12.1 Å². The third-order valence-corrected chi connectivity index (χ3v) is 3.28. The summed E-state index contributed by atoms with van der Waals surface area (Å²) in [5, 5.41) is 17.9. The predicted octanol–water partition coefficient (Wildman–Crippen LogP) is 1.18. The summed E-state index contributed by atoms with van der Waals surface area (Å²) in [5.41, 5.74) is 0.159. The highest BCUT2D eigenvalue weighted by Gasteiger charge is 2.40. The Bertz CT molecular complexity index is 479. The van der Waals surface area contributed by atoms with Gasteiger partial charge in [-0.25, -0.2) is 4.79 Å². The lowest BCUT2D eigenvalue weighted by atomic mass is 9.74.